The van der Waals surface area contributed by atoms with E-state index in [9.17, 15) is 0 Å². The van der Waals surface area contributed by atoms with E-state index >= 15 is 0 Å². The van der Waals surface area contributed by atoms with Gasteiger partial charge in [-0.2, -0.15) is 0 Å². The lowest BCUT2D eigenvalue weighted by Gasteiger charge is -2.03. The van der Waals surface area contributed by atoms with E-state index in [-0.39, 0.29) is 0 Å². The van der Waals surface area contributed by atoms with Gasteiger partial charge in [0.05, 0.1) is 11.3 Å². The van der Waals surface area contributed by atoms with Gasteiger partial charge in [-0.05, 0) is 47.5 Å². The van der Waals surface area contributed by atoms with Crippen molar-refractivity contribution < 1.29 is 8.83 Å². The molecule has 0 N–H and O–H groups in total. The molecule has 2 aromatic heterocycles. The quantitative estimate of drug-likeness (QED) is 0.449. The molecule has 0 radical (unpaired) electrons. The number of benzene rings is 2. The van der Waals surface area contributed by atoms with Crippen LogP contribution in [-0.4, -0.2) is 0 Å². The van der Waals surface area contributed by atoms with E-state index in [2.05, 4.69) is 25.1 Å². The zero-order valence-corrected chi connectivity index (χ0v) is 12.3. The summed E-state index contributed by atoms with van der Waals surface area (Å²) in [6.45, 7) is 2.07. The molecule has 0 saturated carbocycles. The monoisotopic (exact) mass is 296 g/mol. The zero-order chi connectivity index (χ0) is 14.4. The molecule has 0 saturated heterocycles. The highest BCUT2D eigenvalue weighted by Crippen LogP contribution is 2.34. The smallest absolute Gasteiger partial charge is 0.152 e. The third-order valence-electron chi connectivity index (χ3n) is 3.76. The van der Waals surface area contributed by atoms with Gasteiger partial charge in [0.25, 0.3) is 0 Å². The van der Waals surface area contributed by atoms with Crippen molar-refractivity contribution >= 4 is 33.5 Å². The van der Waals surface area contributed by atoms with Crippen LogP contribution in [0.25, 0.3) is 33.1 Å². The van der Waals surface area contributed by atoms with E-state index in [4.69, 9.17) is 20.4 Å². The molecule has 3 heteroatoms. The number of rotatable bonds is 2. The molecule has 0 aliphatic heterocycles. The molecule has 2 aromatic carbocycles. The van der Waals surface area contributed by atoms with Crippen molar-refractivity contribution in [3.05, 3.63) is 59.5 Å². The lowest BCUT2D eigenvalue weighted by atomic mass is 10.0. The Morgan fingerprint density at radius 1 is 0.952 bits per heavy atom. The number of aryl methyl sites for hydroxylation is 1. The van der Waals surface area contributed by atoms with Gasteiger partial charge in [0.1, 0.15) is 11.3 Å². The lowest BCUT2D eigenvalue weighted by Crippen LogP contribution is -1.78. The fourth-order valence-corrected chi connectivity index (χ4v) is 2.92. The minimum absolute atomic E-state index is 0.648. The third kappa shape index (κ3) is 2.03. The molecule has 0 aliphatic rings. The molecule has 2 nitrogen and oxygen atoms in total. The fourth-order valence-electron chi connectivity index (χ4n) is 2.65. The summed E-state index contributed by atoms with van der Waals surface area (Å²) in [5.41, 5.74) is 3.86. The molecule has 4 aromatic rings. The molecule has 0 atom stereocenters. The van der Waals surface area contributed by atoms with E-state index in [0.29, 0.717) is 5.02 Å². The highest BCUT2D eigenvalue weighted by molar-refractivity contribution is 6.35. The minimum atomic E-state index is 0.648. The van der Waals surface area contributed by atoms with Crippen molar-refractivity contribution in [3.63, 3.8) is 0 Å². The summed E-state index contributed by atoms with van der Waals surface area (Å²) in [5, 5.41) is 2.78. The van der Waals surface area contributed by atoms with Crippen molar-refractivity contribution in [1.29, 1.82) is 0 Å². The van der Waals surface area contributed by atoms with Gasteiger partial charge < -0.3 is 8.83 Å². The summed E-state index contributed by atoms with van der Waals surface area (Å²) in [6, 6.07) is 14.2. The number of halogens is 1. The Morgan fingerprint density at radius 2 is 1.81 bits per heavy atom. The van der Waals surface area contributed by atoms with Gasteiger partial charge in [0.15, 0.2) is 5.58 Å². The predicted octanol–water partition coefficient (Wildman–Crippen LogP) is 6.06. The Kier molecular flexibility index (Phi) is 2.79. The molecule has 21 heavy (non-hydrogen) atoms. The molecule has 0 amide bonds. The standard InChI is InChI=1S/C18H13ClO2/c1-2-15-9-14-8-13(10-16(19)18(14)21-15)11-3-4-17-12(7-11)5-6-20-17/h3-10H,2H2,1H3. The van der Waals surface area contributed by atoms with Gasteiger partial charge in [-0.3, -0.25) is 0 Å². The second kappa shape index (κ2) is 4.68. The second-order valence-electron chi connectivity index (χ2n) is 5.12. The molecule has 0 fully saturated rings. The van der Waals surface area contributed by atoms with Crippen molar-refractivity contribution in [1.82, 2.24) is 0 Å². The first-order chi connectivity index (χ1) is 10.2. The van der Waals surface area contributed by atoms with E-state index in [1.165, 1.54) is 0 Å². The van der Waals surface area contributed by atoms with Crippen LogP contribution in [0, 0.1) is 0 Å². The molecular weight excluding hydrogens is 284 g/mol. The van der Waals surface area contributed by atoms with Crippen molar-refractivity contribution in [2.45, 2.75) is 13.3 Å². The molecule has 0 unspecified atom stereocenters. The van der Waals surface area contributed by atoms with Crippen LogP contribution in [0.15, 0.2) is 57.6 Å². The predicted molar refractivity (Wildman–Crippen MR) is 85.8 cm³/mol. The average Bonchev–Trinajstić information content (AvgIpc) is 3.12. The van der Waals surface area contributed by atoms with Crippen molar-refractivity contribution in [2.24, 2.45) is 0 Å². The van der Waals surface area contributed by atoms with Gasteiger partial charge >= 0.3 is 0 Å². The van der Waals surface area contributed by atoms with Gasteiger partial charge in [0, 0.05) is 17.2 Å². The largest absolute Gasteiger partial charge is 0.464 e. The van der Waals surface area contributed by atoms with Crippen molar-refractivity contribution in [2.75, 3.05) is 0 Å². The Morgan fingerprint density at radius 3 is 2.67 bits per heavy atom. The first kappa shape index (κ1) is 12.5. The lowest BCUT2D eigenvalue weighted by molar-refractivity contribution is 0.557. The molecular formula is C18H13ClO2. The number of hydrogen-bond acceptors (Lipinski definition) is 2. The van der Waals surface area contributed by atoms with Crippen LogP contribution in [0.2, 0.25) is 5.02 Å². The second-order valence-corrected chi connectivity index (χ2v) is 5.52. The Bertz CT molecular complexity index is 946. The van der Waals surface area contributed by atoms with Crippen LogP contribution in [0.5, 0.6) is 0 Å². The third-order valence-corrected chi connectivity index (χ3v) is 4.04. The summed E-state index contributed by atoms with van der Waals surface area (Å²) in [6.07, 6.45) is 2.57. The van der Waals surface area contributed by atoms with E-state index in [0.717, 1.165) is 45.2 Å². The van der Waals surface area contributed by atoms with Crippen LogP contribution >= 0.6 is 11.6 Å². The molecule has 4 rings (SSSR count). The minimum Gasteiger partial charge on any atom is -0.464 e. The van der Waals surface area contributed by atoms with Crippen LogP contribution in [0.1, 0.15) is 12.7 Å². The molecule has 104 valence electrons. The van der Waals surface area contributed by atoms with E-state index < -0.39 is 0 Å². The fraction of sp³-hybridized carbons (Fsp3) is 0.111. The highest BCUT2D eigenvalue weighted by Gasteiger charge is 2.10. The van der Waals surface area contributed by atoms with Gasteiger partial charge in [-0.1, -0.05) is 24.6 Å². The molecule has 2 heterocycles. The number of furan rings is 2. The maximum absolute atomic E-state index is 6.37. The zero-order valence-electron chi connectivity index (χ0n) is 11.5. The molecule has 0 bridgehead atoms. The van der Waals surface area contributed by atoms with Crippen LogP contribution < -0.4 is 0 Å². The Balaban J connectivity index is 1.92. The first-order valence-corrected chi connectivity index (χ1v) is 7.32. The molecule has 0 aliphatic carbocycles. The maximum Gasteiger partial charge on any atom is 0.152 e. The van der Waals surface area contributed by atoms with Crippen LogP contribution in [-0.2, 0) is 6.42 Å². The Labute approximate surface area is 126 Å². The van der Waals surface area contributed by atoms with Crippen LogP contribution in [0.3, 0.4) is 0 Å². The summed E-state index contributed by atoms with van der Waals surface area (Å²) >= 11 is 6.37. The average molecular weight is 297 g/mol. The summed E-state index contributed by atoms with van der Waals surface area (Å²) in [7, 11) is 0. The highest BCUT2D eigenvalue weighted by atomic mass is 35.5. The maximum atomic E-state index is 6.37. The van der Waals surface area contributed by atoms with Gasteiger partial charge in [0.2, 0.25) is 0 Å². The van der Waals surface area contributed by atoms with E-state index in [1.807, 2.05) is 24.3 Å². The van der Waals surface area contributed by atoms with Gasteiger partial charge in [-0.15, -0.1) is 0 Å². The Hall–Kier alpha value is -2.19. The van der Waals surface area contributed by atoms with Crippen LogP contribution in [0.4, 0.5) is 0 Å². The van der Waals surface area contributed by atoms with E-state index in [1.54, 1.807) is 6.26 Å². The topological polar surface area (TPSA) is 26.3 Å². The van der Waals surface area contributed by atoms with Gasteiger partial charge in [-0.25, -0.2) is 0 Å². The normalized spacial score (nSPS) is 11.5. The summed E-state index contributed by atoms with van der Waals surface area (Å²) in [4.78, 5) is 0. The molecule has 0 spiro atoms. The number of hydrogen-bond donors (Lipinski definition) is 0. The summed E-state index contributed by atoms with van der Waals surface area (Å²) < 4.78 is 11.1. The number of fused-ring (bicyclic) bond motifs is 2. The van der Waals surface area contributed by atoms with Crippen molar-refractivity contribution in [3.8, 4) is 11.1 Å². The SMILES string of the molecule is CCc1cc2cc(-c3ccc4occc4c3)cc(Cl)c2o1. The summed E-state index contributed by atoms with van der Waals surface area (Å²) in [5.74, 6) is 0.953. The first-order valence-electron chi connectivity index (χ1n) is 6.94.